The summed E-state index contributed by atoms with van der Waals surface area (Å²) in [5, 5.41) is 12.7. The number of aliphatic hydroxyl groups is 1. The monoisotopic (exact) mass is 332 g/mol. The van der Waals surface area contributed by atoms with Crippen LogP contribution in [0.4, 0.5) is 15.8 Å². The van der Waals surface area contributed by atoms with Crippen LogP contribution in [-0.2, 0) is 4.79 Å². The van der Waals surface area contributed by atoms with Gasteiger partial charge >= 0.3 is 0 Å². The van der Waals surface area contributed by atoms with Crippen molar-refractivity contribution in [2.45, 2.75) is 13.0 Å². The van der Waals surface area contributed by atoms with E-state index in [0.717, 1.165) is 5.69 Å². The molecule has 0 aliphatic carbocycles. The number of rotatable bonds is 7. The molecule has 0 bridgehead atoms. The van der Waals surface area contributed by atoms with Gasteiger partial charge in [-0.05, 0) is 48.5 Å². The van der Waals surface area contributed by atoms with E-state index in [-0.39, 0.29) is 18.3 Å². The second kappa shape index (κ2) is 8.31. The molecule has 2 aromatic rings. The lowest BCUT2D eigenvalue weighted by Crippen LogP contribution is -2.33. The highest BCUT2D eigenvalue weighted by Gasteiger charge is 2.10. The van der Waals surface area contributed by atoms with Gasteiger partial charge in [0, 0.05) is 31.9 Å². The number of hydrogen-bond acceptors (Lipinski definition) is 4. The van der Waals surface area contributed by atoms with Gasteiger partial charge in [0.15, 0.2) is 0 Å². The molecule has 0 spiro atoms. The predicted molar refractivity (Wildman–Crippen MR) is 91.9 cm³/mol. The first-order valence-electron chi connectivity index (χ1n) is 7.59. The van der Waals surface area contributed by atoms with Gasteiger partial charge in [-0.3, -0.25) is 4.79 Å². The summed E-state index contributed by atoms with van der Waals surface area (Å²) in [6.45, 7) is 1.93. The smallest absolute Gasteiger partial charge is 0.221 e. The molecule has 2 rings (SSSR count). The number of anilines is 2. The zero-order valence-electron chi connectivity index (χ0n) is 13.7. The molecule has 0 fully saturated rings. The van der Waals surface area contributed by atoms with Crippen LogP contribution in [0.3, 0.4) is 0 Å². The summed E-state index contributed by atoms with van der Waals surface area (Å²) < 4.78 is 18.4. The minimum absolute atomic E-state index is 0.130. The van der Waals surface area contributed by atoms with E-state index in [2.05, 4.69) is 5.32 Å². The third-order valence-corrected chi connectivity index (χ3v) is 3.37. The number of halogens is 1. The van der Waals surface area contributed by atoms with Crippen molar-refractivity contribution < 1.29 is 19.0 Å². The zero-order chi connectivity index (χ0) is 17.5. The van der Waals surface area contributed by atoms with E-state index in [1.54, 1.807) is 36.4 Å². The van der Waals surface area contributed by atoms with Gasteiger partial charge < -0.3 is 20.1 Å². The van der Waals surface area contributed by atoms with Gasteiger partial charge in [0.25, 0.3) is 0 Å². The molecular weight excluding hydrogens is 311 g/mol. The molecule has 5 nitrogen and oxygen atoms in total. The Labute approximate surface area is 140 Å². The average molecular weight is 332 g/mol. The Morgan fingerprint density at radius 1 is 1.21 bits per heavy atom. The molecular formula is C18H21FN2O3. The van der Waals surface area contributed by atoms with Crippen molar-refractivity contribution >= 4 is 17.3 Å². The van der Waals surface area contributed by atoms with E-state index in [1.165, 1.54) is 19.1 Å². The summed E-state index contributed by atoms with van der Waals surface area (Å²) in [6, 6.07) is 13.0. The van der Waals surface area contributed by atoms with Crippen molar-refractivity contribution in [3.05, 3.63) is 54.3 Å². The van der Waals surface area contributed by atoms with Gasteiger partial charge in [0.1, 0.15) is 24.3 Å². The van der Waals surface area contributed by atoms with Gasteiger partial charge in [-0.1, -0.05) is 0 Å². The van der Waals surface area contributed by atoms with E-state index in [4.69, 9.17) is 4.74 Å². The van der Waals surface area contributed by atoms with Crippen molar-refractivity contribution in [3.63, 3.8) is 0 Å². The number of amides is 1. The SMILES string of the molecule is CC(=O)Nc1ccc(OCC(O)CN(C)c2ccc(F)cc2)cc1. The van der Waals surface area contributed by atoms with Crippen LogP contribution in [0.5, 0.6) is 5.75 Å². The second-order valence-corrected chi connectivity index (χ2v) is 5.53. The average Bonchev–Trinajstić information content (AvgIpc) is 2.54. The summed E-state index contributed by atoms with van der Waals surface area (Å²) in [6.07, 6.45) is -0.699. The summed E-state index contributed by atoms with van der Waals surface area (Å²) in [5.74, 6) is 0.175. The molecule has 0 saturated carbocycles. The van der Waals surface area contributed by atoms with Crippen molar-refractivity contribution in [3.8, 4) is 5.75 Å². The molecule has 0 aromatic heterocycles. The maximum Gasteiger partial charge on any atom is 0.221 e. The van der Waals surface area contributed by atoms with Crippen molar-refractivity contribution in [1.82, 2.24) is 0 Å². The fraction of sp³-hybridized carbons (Fsp3) is 0.278. The minimum Gasteiger partial charge on any atom is -0.491 e. The topological polar surface area (TPSA) is 61.8 Å². The molecule has 0 aliphatic rings. The standard InChI is InChI=1S/C18H21FN2O3/c1-13(22)20-15-5-9-18(10-6-15)24-12-17(23)11-21(2)16-7-3-14(19)4-8-16/h3-10,17,23H,11-12H2,1-2H3,(H,20,22). The Kier molecular flexibility index (Phi) is 6.14. The number of nitrogens with one attached hydrogen (secondary N) is 1. The van der Waals surface area contributed by atoms with Gasteiger partial charge in [0.2, 0.25) is 5.91 Å². The van der Waals surface area contributed by atoms with E-state index < -0.39 is 6.10 Å². The molecule has 6 heteroatoms. The number of likely N-dealkylation sites (N-methyl/N-ethyl adjacent to an activating group) is 1. The molecule has 0 radical (unpaired) electrons. The molecule has 1 amide bonds. The molecule has 128 valence electrons. The van der Waals surface area contributed by atoms with E-state index in [1.807, 2.05) is 11.9 Å². The van der Waals surface area contributed by atoms with Crippen LogP contribution in [0.2, 0.25) is 0 Å². The van der Waals surface area contributed by atoms with E-state index >= 15 is 0 Å². The fourth-order valence-electron chi connectivity index (χ4n) is 2.20. The second-order valence-electron chi connectivity index (χ2n) is 5.53. The molecule has 2 aromatic carbocycles. The lowest BCUT2D eigenvalue weighted by atomic mass is 10.2. The van der Waals surface area contributed by atoms with Crippen LogP contribution in [0.15, 0.2) is 48.5 Å². The first-order valence-corrected chi connectivity index (χ1v) is 7.59. The van der Waals surface area contributed by atoms with Gasteiger partial charge in [-0.25, -0.2) is 4.39 Å². The highest BCUT2D eigenvalue weighted by molar-refractivity contribution is 5.88. The largest absolute Gasteiger partial charge is 0.491 e. The van der Waals surface area contributed by atoms with Gasteiger partial charge in [-0.2, -0.15) is 0 Å². The Balaban J connectivity index is 1.81. The molecule has 2 N–H and O–H groups in total. The summed E-state index contributed by atoms with van der Waals surface area (Å²) >= 11 is 0. The third-order valence-electron chi connectivity index (χ3n) is 3.37. The van der Waals surface area contributed by atoms with Crippen molar-refractivity contribution in [1.29, 1.82) is 0 Å². The van der Waals surface area contributed by atoms with Crippen LogP contribution in [0.1, 0.15) is 6.92 Å². The molecule has 0 saturated heterocycles. The first kappa shape index (κ1) is 17.7. The third kappa shape index (κ3) is 5.55. The molecule has 1 unspecified atom stereocenters. The summed E-state index contributed by atoms with van der Waals surface area (Å²) in [5.41, 5.74) is 1.50. The summed E-state index contributed by atoms with van der Waals surface area (Å²) in [7, 11) is 1.82. The fourth-order valence-corrected chi connectivity index (χ4v) is 2.20. The van der Waals surface area contributed by atoms with Crippen molar-refractivity contribution in [2.24, 2.45) is 0 Å². The lowest BCUT2D eigenvalue weighted by Gasteiger charge is -2.23. The molecule has 24 heavy (non-hydrogen) atoms. The normalized spacial score (nSPS) is 11.7. The maximum atomic E-state index is 12.9. The van der Waals surface area contributed by atoms with Gasteiger partial charge in [-0.15, -0.1) is 0 Å². The molecule has 1 atom stereocenters. The van der Waals surface area contributed by atoms with E-state index in [9.17, 15) is 14.3 Å². The highest BCUT2D eigenvalue weighted by Crippen LogP contribution is 2.17. The Hall–Kier alpha value is -2.60. The number of carbonyl (C=O) groups is 1. The van der Waals surface area contributed by atoms with Crippen molar-refractivity contribution in [2.75, 3.05) is 30.4 Å². The number of ether oxygens (including phenoxy) is 1. The maximum absolute atomic E-state index is 12.9. The quantitative estimate of drug-likeness (QED) is 0.818. The van der Waals surface area contributed by atoms with Crippen LogP contribution in [-0.4, -0.2) is 37.3 Å². The van der Waals surface area contributed by atoms with Gasteiger partial charge in [0.05, 0.1) is 0 Å². The lowest BCUT2D eigenvalue weighted by molar-refractivity contribution is -0.114. The van der Waals surface area contributed by atoms with Crippen LogP contribution >= 0.6 is 0 Å². The van der Waals surface area contributed by atoms with Crippen LogP contribution in [0.25, 0.3) is 0 Å². The Bertz CT molecular complexity index is 659. The highest BCUT2D eigenvalue weighted by atomic mass is 19.1. The summed E-state index contributed by atoms with van der Waals surface area (Å²) in [4.78, 5) is 12.8. The first-order chi connectivity index (χ1) is 11.4. The predicted octanol–water partition coefficient (Wildman–Crippen LogP) is 2.66. The Morgan fingerprint density at radius 2 is 1.83 bits per heavy atom. The van der Waals surface area contributed by atoms with Crippen LogP contribution < -0.4 is 15.0 Å². The number of nitrogens with zero attached hydrogens (tertiary/aromatic N) is 1. The van der Waals surface area contributed by atoms with Crippen LogP contribution in [0, 0.1) is 5.82 Å². The molecule has 0 heterocycles. The number of aliphatic hydroxyl groups excluding tert-OH is 1. The van der Waals surface area contributed by atoms with E-state index in [0.29, 0.717) is 18.0 Å². The Morgan fingerprint density at radius 3 is 2.42 bits per heavy atom. The molecule has 0 aliphatic heterocycles. The number of benzene rings is 2. The number of hydrogen-bond donors (Lipinski definition) is 2. The zero-order valence-corrected chi connectivity index (χ0v) is 13.7. The number of carbonyl (C=O) groups excluding carboxylic acids is 1. The minimum atomic E-state index is -0.699.